The van der Waals surface area contributed by atoms with Gasteiger partial charge in [-0.3, -0.25) is 4.79 Å². The Kier molecular flexibility index (Phi) is 6.23. The van der Waals surface area contributed by atoms with Gasteiger partial charge in [0.25, 0.3) is 5.91 Å². The summed E-state index contributed by atoms with van der Waals surface area (Å²) in [5, 5.41) is 2.76. The minimum Gasteiger partial charge on any atom is -0.455 e. The molecule has 7 heteroatoms. The minimum atomic E-state index is -3.52. The fourth-order valence-electron chi connectivity index (χ4n) is 2.05. The lowest BCUT2D eigenvalue weighted by molar-refractivity contribution is 0.0923. The van der Waals surface area contributed by atoms with Gasteiger partial charge >= 0.3 is 0 Å². The topological polar surface area (TPSA) is 76.4 Å². The number of hydrogen-bond acceptors (Lipinski definition) is 4. The molecule has 130 valence electrons. The summed E-state index contributed by atoms with van der Waals surface area (Å²) in [7, 11) is -3.52. The van der Waals surface area contributed by atoms with Crippen LogP contribution in [0, 0.1) is 5.92 Å². The molecule has 1 aromatic carbocycles. The highest BCUT2D eigenvalue weighted by Crippen LogP contribution is 2.20. The van der Waals surface area contributed by atoms with Crippen LogP contribution in [-0.4, -0.2) is 20.9 Å². The van der Waals surface area contributed by atoms with Crippen molar-refractivity contribution in [3.05, 3.63) is 52.4 Å². The molecular weight excluding hydrogens is 394 g/mol. The van der Waals surface area contributed by atoms with Crippen LogP contribution >= 0.6 is 15.9 Å². The van der Waals surface area contributed by atoms with E-state index in [2.05, 4.69) is 35.1 Å². The van der Waals surface area contributed by atoms with Gasteiger partial charge in [-0.05, 0) is 48.7 Å². The second kappa shape index (κ2) is 7.98. The van der Waals surface area contributed by atoms with Gasteiger partial charge in [-0.25, -0.2) is 8.42 Å². The Morgan fingerprint density at radius 1 is 1.17 bits per heavy atom. The largest absolute Gasteiger partial charge is 0.455 e. The Bertz CT molecular complexity index is 794. The van der Waals surface area contributed by atoms with Gasteiger partial charge in [-0.15, -0.1) is 0 Å². The van der Waals surface area contributed by atoms with Gasteiger partial charge in [0.05, 0.1) is 4.90 Å². The predicted molar refractivity (Wildman–Crippen MR) is 95.5 cm³/mol. The summed E-state index contributed by atoms with van der Waals surface area (Å²) in [5.74, 6) is 0.247. The number of furan rings is 1. The van der Waals surface area contributed by atoms with E-state index in [1.54, 1.807) is 12.1 Å². The van der Waals surface area contributed by atoms with Crippen LogP contribution in [0.25, 0.3) is 0 Å². The van der Waals surface area contributed by atoms with Crippen LogP contribution in [0.4, 0.5) is 0 Å². The molecule has 2 rings (SSSR count). The van der Waals surface area contributed by atoms with Crippen molar-refractivity contribution in [3.63, 3.8) is 0 Å². The molecule has 0 unspecified atom stereocenters. The fraction of sp³-hybridized carbons (Fsp3) is 0.353. The molecule has 1 amide bonds. The van der Waals surface area contributed by atoms with Crippen LogP contribution in [0.5, 0.6) is 0 Å². The molecule has 0 atom stereocenters. The summed E-state index contributed by atoms with van der Waals surface area (Å²) in [5.41, 5.74) is 0. The molecule has 5 nitrogen and oxygen atoms in total. The van der Waals surface area contributed by atoms with Crippen molar-refractivity contribution in [1.82, 2.24) is 5.32 Å². The highest BCUT2D eigenvalue weighted by Gasteiger charge is 2.19. The standard InChI is InChI=1S/C17H20BrNO4S/c1-12(2)9-10-19-17(20)16-8-5-14(23-16)11-24(21,22)15-6-3-13(18)4-7-15/h3-8,12H,9-11H2,1-2H3,(H,19,20). The fourth-order valence-corrected chi connectivity index (χ4v) is 3.56. The molecule has 2 aromatic rings. The summed E-state index contributed by atoms with van der Waals surface area (Å²) in [6, 6.07) is 9.42. The van der Waals surface area contributed by atoms with Crippen LogP contribution in [0.3, 0.4) is 0 Å². The molecule has 0 radical (unpaired) electrons. The van der Waals surface area contributed by atoms with Gasteiger partial charge in [0.15, 0.2) is 15.6 Å². The average Bonchev–Trinajstić information content (AvgIpc) is 2.95. The second-order valence-electron chi connectivity index (χ2n) is 5.92. The van der Waals surface area contributed by atoms with E-state index in [9.17, 15) is 13.2 Å². The van der Waals surface area contributed by atoms with Crippen molar-refractivity contribution in [2.75, 3.05) is 6.54 Å². The molecule has 0 fully saturated rings. The number of hydrogen-bond donors (Lipinski definition) is 1. The number of rotatable bonds is 7. The molecule has 0 saturated carbocycles. The first-order valence-electron chi connectivity index (χ1n) is 7.63. The molecule has 0 bridgehead atoms. The molecule has 0 saturated heterocycles. The van der Waals surface area contributed by atoms with E-state index in [0.29, 0.717) is 12.5 Å². The van der Waals surface area contributed by atoms with Crippen molar-refractivity contribution in [1.29, 1.82) is 0 Å². The lowest BCUT2D eigenvalue weighted by atomic mass is 10.1. The molecule has 0 aliphatic carbocycles. The van der Waals surface area contributed by atoms with E-state index < -0.39 is 9.84 Å². The van der Waals surface area contributed by atoms with E-state index in [1.165, 1.54) is 24.3 Å². The van der Waals surface area contributed by atoms with Crippen LogP contribution in [0.1, 0.15) is 36.6 Å². The zero-order chi connectivity index (χ0) is 17.7. The van der Waals surface area contributed by atoms with Crippen molar-refractivity contribution in [2.45, 2.75) is 30.9 Å². The third-order valence-electron chi connectivity index (χ3n) is 3.40. The summed E-state index contributed by atoms with van der Waals surface area (Å²) in [6.45, 7) is 4.71. The van der Waals surface area contributed by atoms with Crippen LogP contribution < -0.4 is 5.32 Å². The maximum Gasteiger partial charge on any atom is 0.286 e. The van der Waals surface area contributed by atoms with Gasteiger partial charge in [0.2, 0.25) is 0 Å². The number of carbonyl (C=O) groups excluding carboxylic acids is 1. The van der Waals surface area contributed by atoms with E-state index in [-0.39, 0.29) is 28.1 Å². The normalized spacial score (nSPS) is 11.7. The van der Waals surface area contributed by atoms with E-state index >= 15 is 0 Å². The summed E-state index contributed by atoms with van der Waals surface area (Å²) >= 11 is 3.27. The van der Waals surface area contributed by atoms with Crippen LogP contribution in [-0.2, 0) is 15.6 Å². The maximum absolute atomic E-state index is 12.4. The number of benzene rings is 1. The molecule has 0 aliphatic heterocycles. The number of carbonyl (C=O) groups is 1. The Morgan fingerprint density at radius 2 is 1.83 bits per heavy atom. The highest BCUT2D eigenvalue weighted by atomic mass is 79.9. The van der Waals surface area contributed by atoms with E-state index in [1.807, 2.05) is 0 Å². The first kappa shape index (κ1) is 18.7. The molecule has 1 heterocycles. The maximum atomic E-state index is 12.4. The summed E-state index contributed by atoms with van der Waals surface area (Å²) < 4.78 is 30.9. The van der Waals surface area contributed by atoms with Crippen molar-refractivity contribution < 1.29 is 17.6 Å². The third kappa shape index (κ3) is 5.21. The molecule has 1 aromatic heterocycles. The molecule has 1 N–H and O–H groups in total. The lowest BCUT2D eigenvalue weighted by Gasteiger charge is -2.05. The van der Waals surface area contributed by atoms with Crippen LogP contribution in [0.15, 0.2) is 50.2 Å². The Balaban J connectivity index is 2.02. The highest BCUT2D eigenvalue weighted by molar-refractivity contribution is 9.10. The van der Waals surface area contributed by atoms with Gasteiger partial charge < -0.3 is 9.73 Å². The quantitative estimate of drug-likeness (QED) is 0.748. The van der Waals surface area contributed by atoms with Crippen molar-refractivity contribution >= 4 is 31.7 Å². The first-order valence-corrected chi connectivity index (χ1v) is 10.1. The monoisotopic (exact) mass is 413 g/mol. The SMILES string of the molecule is CC(C)CCNC(=O)c1ccc(CS(=O)(=O)c2ccc(Br)cc2)o1. The number of nitrogens with one attached hydrogen (secondary N) is 1. The minimum absolute atomic E-state index is 0.125. The lowest BCUT2D eigenvalue weighted by Crippen LogP contribution is -2.24. The zero-order valence-electron chi connectivity index (χ0n) is 13.6. The van der Waals surface area contributed by atoms with Crippen LogP contribution in [0.2, 0.25) is 0 Å². The first-order chi connectivity index (χ1) is 11.3. The number of halogens is 1. The zero-order valence-corrected chi connectivity index (χ0v) is 16.0. The van der Waals surface area contributed by atoms with Crippen molar-refractivity contribution in [3.8, 4) is 0 Å². The third-order valence-corrected chi connectivity index (χ3v) is 5.58. The van der Waals surface area contributed by atoms with E-state index in [0.717, 1.165) is 10.9 Å². The molecule has 0 spiro atoms. The van der Waals surface area contributed by atoms with Gasteiger partial charge in [0.1, 0.15) is 11.5 Å². The molecule has 0 aliphatic rings. The van der Waals surface area contributed by atoms with E-state index in [4.69, 9.17) is 4.42 Å². The Labute approximate surface area is 150 Å². The molecular formula is C17H20BrNO4S. The predicted octanol–water partition coefficient (Wildman–Crippen LogP) is 3.79. The second-order valence-corrected chi connectivity index (χ2v) is 8.82. The smallest absolute Gasteiger partial charge is 0.286 e. The molecule has 24 heavy (non-hydrogen) atoms. The number of amides is 1. The van der Waals surface area contributed by atoms with Gasteiger partial charge in [-0.2, -0.15) is 0 Å². The average molecular weight is 414 g/mol. The van der Waals surface area contributed by atoms with Gasteiger partial charge in [0, 0.05) is 11.0 Å². The Morgan fingerprint density at radius 3 is 2.46 bits per heavy atom. The summed E-state index contributed by atoms with van der Waals surface area (Å²) in [4.78, 5) is 12.2. The van der Waals surface area contributed by atoms with Gasteiger partial charge in [-0.1, -0.05) is 29.8 Å². The number of sulfone groups is 1. The summed E-state index contributed by atoms with van der Waals surface area (Å²) in [6.07, 6.45) is 0.872. The van der Waals surface area contributed by atoms with Crippen molar-refractivity contribution in [2.24, 2.45) is 5.92 Å². The Hall–Kier alpha value is -1.60.